The molecule has 0 bridgehead atoms. The summed E-state index contributed by atoms with van der Waals surface area (Å²) >= 11 is 5.94. The number of phenolic OH excluding ortho intramolecular Hbond substituents is 1. The first-order valence-electron chi connectivity index (χ1n) is 5.58. The van der Waals surface area contributed by atoms with E-state index in [1.165, 1.54) is 43.5 Å². The van der Waals surface area contributed by atoms with E-state index >= 15 is 0 Å². The van der Waals surface area contributed by atoms with Crippen molar-refractivity contribution in [2.75, 3.05) is 11.8 Å². The van der Waals surface area contributed by atoms with E-state index in [2.05, 4.69) is 4.72 Å². The smallest absolute Gasteiger partial charge is 0.265 e. The summed E-state index contributed by atoms with van der Waals surface area (Å²) in [6.45, 7) is 0. The number of sulfonamides is 1. The summed E-state index contributed by atoms with van der Waals surface area (Å²) in [5.41, 5.74) is 0.175. The van der Waals surface area contributed by atoms with Crippen LogP contribution in [0, 0.1) is 0 Å². The number of methoxy groups -OCH3 is 1. The lowest BCUT2D eigenvalue weighted by molar-refractivity contribution is 0.415. The van der Waals surface area contributed by atoms with Crippen LogP contribution in [-0.2, 0) is 10.0 Å². The molecule has 2 rings (SSSR count). The molecule has 5 nitrogen and oxygen atoms in total. The highest BCUT2D eigenvalue weighted by Crippen LogP contribution is 2.30. The van der Waals surface area contributed by atoms with Gasteiger partial charge in [-0.3, -0.25) is 4.72 Å². The van der Waals surface area contributed by atoms with Gasteiger partial charge in [-0.2, -0.15) is 0 Å². The van der Waals surface area contributed by atoms with E-state index < -0.39 is 10.0 Å². The number of benzene rings is 2. The Balaban J connectivity index is 2.41. The number of rotatable bonds is 4. The van der Waals surface area contributed by atoms with Crippen molar-refractivity contribution in [2.24, 2.45) is 0 Å². The molecule has 0 radical (unpaired) electrons. The Bertz CT molecular complexity index is 731. The van der Waals surface area contributed by atoms with Gasteiger partial charge >= 0.3 is 0 Å². The van der Waals surface area contributed by atoms with E-state index in [9.17, 15) is 13.5 Å². The van der Waals surface area contributed by atoms with Gasteiger partial charge in [0.15, 0.2) is 0 Å². The maximum atomic E-state index is 12.2. The number of nitrogens with one attached hydrogen (secondary N) is 1. The van der Waals surface area contributed by atoms with Crippen molar-refractivity contribution >= 4 is 27.3 Å². The number of aromatic hydroxyl groups is 1. The van der Waals surface area contributed by atoms with Gasteiger partial charge in [-0.05, 0) is 24.3 Å². The molecule has 0 amide bonds. The van der Waals surface area contributed by atoms with E-state index in [1.807, 2.05) is 0 Å². The maximum Gasteiger partial charge on any atom is 0.265 e. The zero-order chi connectivity index (χ0) is 14.8. The first kappa shape index (κ1) is 14.5. The average Bonchev–Trinajstić information content (AvgIpc) is 2.41. The number of halogens is 1. The molecular formula is C13H12ClNO4S. The first-order chi connectivity index (χ1) is 9.44. The quantitative estimate of drug-likeness (QED) is 0.910. The highest BCUT2D eigenvalue weighted by molar-refractivity contribution is 7.92. The molecule has 0 aliphatic rings. The highest BCUT2D eigenvalue weighted by Gasteiger charge is 2.19. The number of hydrogen-bond acceptors (Lipinski definition) is 4. The fourth-order valence-corrected chi connectivity index (χ4v) is 2.98. The number of phenols is 1. The van der Waals surface area contributed by atoms with Gasteiger partial charge in [0.25, 0.3) is 10.0 Å². The van der Waals surface area contributed by atoms with Gasteiger partial charge in [0.1, 0.15) is 16.4 Å². The van der Waals surface area contributed by atoms with Gasteiger partial charge < -0.3 is 9.84 Å². The third kappa shape index (κ3) is 2.97. The van der Waals surface area contributed by atoms with Crippen LogP contribution in [0.4, 0.5) is 5.69 Å². The van der Waals surface area contributed by atoms with Crippen molar-refractivity contribution in [1.29, 1.82) is 0 Å². The van der Waals surface area contributed by atoms with Crippen LogP contribution in [0.25, 0.3) is 0 Å². The summed E-state index contributed by atoms with van der Waals surface area (Å²) in [6, 6.07) is 10.2. The predicted molar refractivity (Wildman–Crippen MR) is 76.9 cm³/mol. The molecule has 0 heterocycles. The first-order valence-corrected chi connectivity index (χ1v) is 7.44. The Morgan fingerprint density at radius 2 is 1.90 bits per heavy atom. The van der Waals surface area contributed by atoms with Crippen LogP contribution < -0.4 is 9.46 Å². The Morgan fingerprint density at radius 3 is 2.55 bits per heavy atom. The molecule has 0 aliphatic heterocycles. The highest BCUT2D eigenvalue weighted by atomic mass is 35.5. The topological polar surface area (TPSA) is 75.6 Å². The number of ether oxygens (including phenoxy) is 1. The Kier molecular flexibility index (Phi) is 4.06. The zero-order valence-corrected chi connectivity index (χ0v) is 12.1. The molecule has 0 unspecified atom stereocenters. The van der Waals surface area contributed by atoms with Crippen LogP contribution in [0.15, 0.2) is 47.4 Å². The lowest BCUT2D eigenvalue weighted by atomic mass is 10.3. The molecule has 20 heavy (non-hydrogen) atoms. The lowest BCUT2D eigenvalue weighted by Crippen LogP contribution is -2.13. The summed E-state index contributed by atoms with van der Waals surface area (Å²) in [7, 11) is -2.47. The summed E-state index contributed by atoms with van der Waals surface area (Å²) < 4.78 is 31.7. The predicted octanol–water partition coefficient (Wildman–Crippen LogP) is 2.86. The molecule has 2 aromatic carbocycles. The summed E-state index contributed by atoms with van der Waals surface area (Å²) in [5.74, 6) is 0.128. The summed E-state index contributed by atoms with van der Waals surface area (Å²) in [4.78, 5) is -0.223. The Hall–Kier alpha value is -1.92. The van der Waals surface area contributed by atoms with E-state index in [1.54, 1.807) is 6.07 Å². The van der Waals surface area contributed by atoms with Gasteiger partial charge in [0.2, 0.25) is 0 Å². The van der Waals surface area contributed by atoms with Crippen LogP contribution in [0.1, 0.15) is 0 Å². The fourth-order valence-electron chi connectivity index (χ4n) is 1.59. The van der Waals surface area contributed by atoms with Crippen molar-refractivity contribution in [1.82, 2.24) is 0 Å². The van der Waals surface area contributed by atoms with E-state index in [0.29, 0.717) is 5.75 Å². The van der Waals surface area contributed by atoms with Crippen molar-refractivity contribution < 1.29 is 18.3 Å². The van der Waals surface area contributed by atoms with Crippen LogP contribution in [-0.4, -0.2) is 20.6 Å². The molecule has 0 saturated carbocycles. The zero-order valence-electron chi connectivity index (χ0n) is 10.5. The van der Waals surface area contributed by atoms with Gasteiger partial charge in [-0.1, -0.05) is 23.7 Å². The molecular weight excluding hydrogens is 302 g/mol. The third-order valence-electron chi connectivity index (χ3n) is 2.57. The minimum atomic E-state index is -3.93. The molecule has 0 aromatic heterocycles. The second-order valence-corrected chi connectivity index (χ2v) is 5.98. The second-order valence-electron chi connectivity index (χ2n) is 3.92. The van der Waals surface area contributed by atoms with Crippen molar-refractivity contribution in [3.05, 3.63) is 47.5 Å². The van der Waals surface area contributed by atoms with Gasteiger partial charge in [-0.15, -0.1) is 0 Å². The van der Waals surface area contributed by atoms with Crippen LogP contribution >= 0.6 is 11.6 Å². The van der Waals surface area contributed by atoms with Crippen molar-refractivity contribution in [3.8, 4) is 11.5 Å². The van der Waals surface area contributed by atoms with E-state index in [0.717, 1.165) is 0 Å². The maximum absolute atomic E-state index is 12.2. The minimum absolute atomic E-state index is 0.175. The standard InChI is InChI=1S/C13H12ClNO4S/c1-19-9-6-7-10(14)11(8-9)15-20(17,18)13-5-3-2-4-12(13)16/h2-8,15-16H,1H3. The summed E-state index contributed by atoms with van der Waals surface area (Å²) in [6.07, 6.45) is 0. The molecule has 0 saturated heterocycles. The Morgan fingerprint density at radius 1 is 1.20 bits per heavy atom. The second kappa shape index (κ2) is 5.60. The average molecular weight is 314 g/mol. The van der Waals surface area contributed by atoms with Crippen molar-refractivity contribution in [2.45, 2.75) is 4.90 Å². The van der Waals surface area contributed by atoms with Gasteiger partial charge in [0.05, 0.1) is 17.8 Å². The summed E-state index contributed by atoms with van der Waals surface area (Å²) in [5, 5.41) is 9.84. The van der Waals surface area contributed by atoms with Gasteiger partial charge in [0, 0.05) is 6.07 Å². The minimum Gasteiger partial charge on any atom is -0.507 e. The van der Waals surface area contributed by atoms with Gasteiger partial charge in [-0.25, -0.2) is 8.42 Å². The molecule has 2 N–H and O–H groups in total. The molecule has 0 fully saturated rings. The normalized spacial score (nSPS) is 11.1. The Labute approximate surface area is 121 Å². The van der Waals surface area contributed by atoms with Crippen LogP contribution in [0.2, 0.25) is 5.02 Å². The third-order valence-corrected chi connectivity index (χ3v) is 4.32. The fraction of sp³-hybridized carbons (Fsp3) is 0.0769. The van der Waals surface area contributed by atoms with Crippen LogP contribution in [0.5, 0.6) is 11.5 Å². The van der Waals surface area contributed by atoms with E-state index in [4.69, 9.17) is 16.3 Å². The van der Waals surface area contributed by atoms with E-state index in [-0.39, 0.29) is 21.4 Å². The lowest BCUT2D eigenvalue weighted by Gasteiger charge is -2.11. The largest absolute Gasteiger partial charge is 0.507 e. The van der Waals surface area contributed by atoms with Crippen molar-refractivity contribution in [3.63, 3.8) is 0 Å². The molecule has 7 heteroatoms. The molecule has 0 spiro atoms. The number of anilines is 1. The number of para-hydroxylation sites is 1. The number of hydrogen-bond donors (Lipinski definition) is 2. The van der Waals surface area contributed by atoms with Crippen LogP contribution in [0.3, 0.4) is 0 Å². The molecule has 106 valence electrons. The SMILES string of the molecule is COc1ccc(Cl)c(NS(=O)(=O)c2ccccc2O)c1. The molecule has 0 aliphatic carbocycles. The monoisotopic (exact) mass is 313 g/mol. The molecule has 2 aromatic rings. The molecule has 0 atom stereocenters.